The van der Waals surface area contributed by atoms with E-state index in [0.29, 0.717) is 5.39 Å². The van der Waals surface area contributed by atoms with Gasteiger partial charge in [-0.25, -0.2) is 0 Å². The van der Waals surface area contributed by atoms with Crippen LogP contribution in [0.15, 0.2) is 91.4 Å². The van der Waals surface area contributed by atoms with Crippen molar-refractivity contribution in [3.05, 3.63) is 109 Å². The van der Waals surface area contributed by atoms with Gasteiger partial charge in [0.25, 0.3) is 0 Å². The van der Waals surface area contributed by atoms with Gasteiger partial charge in [0.05, 0.1) is 0 Å². The molecule has 0 bridgehead atoms. The van der Waals surface area contributed by atoms with Gasteiger partial charge in [-0.15, -0.1) is 0 Å². The molecule has 0 aliphatic heterocycles. The molecule has 0 aliphatic carbocycles. The zero-order valence-corrected chi connectivity index (χ0v) is 25.8. The van der Waals surface area contributed by atoms with Gasteiger partial charge in [-0.05, 0) is 0 Å². The van der Waals surface area contributed by atoms with Crippen molar-refractivity contribution in [2.75, 3.05) is 0 Å². The minimum absolute atomic E-state index is 0.00161. The summed E-state index contributed by atoms with van der Waals surface area (Å²) in [6.45, 7) is 8.56. The van der Waals surface area contributed by atoms with Crippen LogP contribution in [-0.4, -0.2) is 44.1 Å². The average Bonchev–Trinajstić information content (AvgIpc) is 3.55. The zero-order chi connectivity index (χ0) is 29.5. The van der Waals surface area contributed by atoms with E-state index in [1.807, 2.05) is 42.0 Å². The van der Waals surface area contributed by atoms with E-state index in [1.54, 1.807) is 6.07 Å². The van der Waals surface area contributed by atoms with E-state index in [9.17, 15) is 0 Å². The molecule has 43 heavy (non-hydrogen) atoms. The summed E-state index contributed by atoms with van der Waals surface area (Å²) < 4.78 is 21.8. The Balaban J connectivity index is 1.30. The molecular weight excluding hydrogens is 602 g/mol. The summed E-state index contributed by atoms with van der Waals surface area (Å²) in [6.07, 6.45) is 5.66. The molecule has 3 aromatic carbocycles. The van der Waals surface area contributed by atoms with E-state index in [-0.39, 0.29) is 26.2 Å². The molecule has 0 spiro atoms. The van der Waals surface area contributed by atoms with Gasteiger partial charge in [-0.3, -0.25) is 0 Å². The summed E-state index contributed by atoms with van der Waals surface area (Å²) in [6, 6.07) is 24.5. The van der Waals surface area contributed by atoms with Crippen LogP contribution in [0.1, 0.15) is 32.2 Å². The number of rotatable bonds is 3. The number of hydrogen-bond acceptors (Lipinski definition) is 4. The number of nitrogens with zero attached hydrogens (tertiary/aromatic N) is 6. The second kappa shape index (κ2) is 9.43. The van der Waals surface area contributed by atoms with Crippen molar-refractivity contribution >= 4 is 73.0 Å². The maximum absolute atomic E-state index is 15.2. The van der Waals surface area contributed by atoms with Gasteiger partial charge in [-0.2, -0.15) is 0 Å². The maximum atomic E-state index is 15.2. The first-order valence-electron chi connectivity index (χ1n) is 14.2. The zero-order valence-electron chi connectivity index (χ0n) is 24.1. The minimum atomic E-state index is -0.243. The number of halogens is 1. The summed E-state index contributed by atoms with van der Waals surface area (Å²) >= 11 is -0.0150. The van der Waals surface area contributed by atoms with Crippen molar-refractivity contribution < 1.29 is 4.39 Å². The van der Waals surface area contributed by atoms with Crippen LogP contribution in [0, 0.1) is 12.7 Å². The monoisotopic (exact) mass is 630 g/mol. The van der Waals surface area contributed by atoms with Crippen LogP contribution in [0.2, 0.25) is 0 Å². The van der Waals surface area contributed by atoms with E-state index >= 15 is 4.39 Å². The van der Waals surface area contributed by atoms with E-state index < -0.39 is 0 Å². The van der Waals surface area contributed by atoms with E-state index in [4.69, 9.17) is 4.98 Å². The van der Waals surface area contributed by atoms with Crippen LogP contribution in [0.5, 0.6) is 0 Å². The van der Waals surface area contributed by atoms with Crippen molar-refractivity contribution in [3.8, 4) is 5.82 Å². The van der Waals surface area contributed by atoms with Gasteiger partial charge in [0.15, 0.2) is 0 Å². The Morgan fingerprint density at radius 1 is 0.744 bits per heavy atom. The molecule has 210 valence electrons. The normalized spacial score (nSPS) is 12.4. The van der Waals surface area contributed by atoms with Gasteiger partial charge in [0.1, 0.15) is 0 Å². The van der Waals surface area contributed by atoms with Gasteiger partial charge in [-0.1, -0.05) is 0 Å². The Morgan fingerprint density at radius 3 is 2.37 bits per heavy atom. The third kappa shape index (κ3) is 4.05. The van der Waals surface area contributed by atoms with Crippen LogP contribution >= 0.6 is 0 Å². The molecule has 8 aromatic rings. The van der Waals surface area contributed by atoms with Gasteiger partial charge < -0.3 is 0 Å². The summed E-state index contributed by atoms with van der Waals surface area (Å²) in [4.78, 5) is 9.26. The van der Waals surface area contributed by atoms with Gasteiger partial charge >= 0.3 is 254 Å². The fourth-order valence-electron chi connectivity index (χ4n) is 6.08. The molecule has 0 saturated heterocycles. The molecule has 0 radical (unpaired) electrons. The van der Waals surface area contributed by atoms with Gasteiger partial charge in [0, 0.05) is 0 Å². The second-order valence-corrected chi connectivity index (χ2v) is 14.3. The molecule has 0 N–H and O–H groups in total. The number of pyridine rings is 3. The molecule has 5 aromatic heterocycles. The number of hydrogen-bond donors (Lipinski definition) is 0. The molecule has 5 heterocycles. The molecule has 0 atom stereocenters. The standard InChI is InChI=1S/C35H27FN6Se/c1-20-39-40-34-27-17-22(9-11-26(27)33-28(36)6-5-7-29(33)41(20)34)43-23-8-10-24-25-13-14-37-19-31(25)42(30(24)18-23)32-16-21(12-15-38-32)35(2,3)4/h5-19H,1-4H3. The Labute approximate surface area is 253 Å². The van der Waals surface area contributed by atoms with Crippen molar-refractivity contribution in [2.45, 2.75) is 33.1 Å². The van der Waals surface area contributed by atoms with E-state index in [1.165, 1.54) is 25.9 Å². The number of benzene rings is 3. The Hall–Kier alpha value is -4.65. The van der Waals surface area contributed by atoms with Crippen LogP contribution in [0.25, 0.3) is 54.9 Å². The van der Waals surface area contributed by atoms with Crippen molar-refractivity contribution in [2.24, 2.45) is 0 Å². The Bertz CT molecular complexity index is 2400. The topological polar surface area (TPSA) is 60.9 Å². The molecule has 0 saturated carbocycles. The van der Waals surface area contributed by atoms with Crippen molar-refractivity contribution in [1.29, 1.82) is 0 Å². The third-order valence-corrected chi connectivity index (χ3v) is 10.2. The molecule has 0 aliphatic rings. The summed E-state index contributed by atoms with van der Waals surface area (Å²) in [5.41, 5.74) is 4.89. The summed E-state index contributed by atoms with van der Waals surface area (Å²) in [5, 5.41) is 13.5. The number of aryl methyl sites for hydroxylation is 1. The molecule has 0 fully saturated rings. The first-order valence-corrected chi connectivity index (χ1v) is 15.9. The first-order chi connectivity index (χ1) is 20.8. The van der Waals surface area contributed by atoms with Crippen molar-refractivity contribution in [1.82, 2.24) is 29.1 Å². The summed E-state index contributed by atoms with van der Waals surface area (Å²) in [5.74, 6) is 1.38. The predicted molar refractivity (Wildman–Crippen MR) is 173 cm³/mol. The Morgan fingerprint density at radius 2 is 1.53 bits per heavy atom. The second-order valence-electron chi connectivity index (χ2n) is 11.9. The van der Waals surface area contributed by atoms with E-state index in [0.717, 1.165) is 50.0 Å². The first kappa shape index (κ1) is 26.0. The van der Waals surface area contributed by atoms with Crippen LogP contribution < -0.4 is 8.92 Å². The number of aromatic nitrogens is 6. The van der Waals surface area contributed by atoms with Crippen LogP contribution in [0.4, 0.5) is 4.39 Å². The third-order valence-electron chi connectivity index (χ3n) is 8.18. The number of fused-ring (bicyclic) bond motifs is 9. The fraction of sp³-hybridized carbons (Fsp3) is 0.143. The molecule has 0 unspecified atom stereocenters. The average molecular weight is 630 g/mol. The quantitative estimate of drug-likeness (QED) is 0.170. The molecular formula is C35H27FN6Se. The predicted octanol–water partition coefficient (Wildman–Crippen LogP) is 6.32. The van der Waals surface area contributed by atoms with Crippen LogP contribution in [-0.2, 0) is 5.41 Å². The molecule has 0 amide bonds. The summed E-state index contributed by atoms with van der Waals surface area (Å²) in [7, 11) is 0. The molecule has 8 heteroatoms. The van der Waals surface area contributed by atoms with E-state index in [2.05, 4.69) is 89.1 Å². The van der Waals surface area contributed by atoms with Crippen LogP contribution in [0.3, 0.4) is 0 Å². The van der Waals surface area contributed by atoms with Gasteiger partial charge in [0.2, 0.25) is 0 Å². The Kier molecular flexibility index (Phi) is 5.70. The molecule has 8 rings (SSSR count). The SMILES string of the molecule is Cc1nnc2c3cc([Se]c4ccc5c6ccncc6n(-c6cc(C(C)(C)C)ccn6)c5c4)ccc3c3c(F)cccc3n12. The van der Waals surface area contributed by atoms with Crippen molar-refractivity contribution in [3.63, 3.8) is 0 Å². The fourth-order valence-corrected chi connectivity index (χ4v) is 7.95. The molecule has 6 nitrogen and oxygen atoms in total.